The number of amides is 1. The normalized spacial score (nSPS) is 19.5. The maximum absolute atomic E-state index is 12.7. The Hall–Kier alpha value is -1.56. The molecular weight excluding hydrogens is 312 g/mol. The lowest BCUT2D eigenvalue weighted by Crippen LogP contribution is -2.46. The molecule has 0 aromatic heterocycles. The highest BCUT2D eigenvalue weighted by Crippen LogP contribution is 2.20. The number of nitrogens with zero attached hydrogens (tertiary/aromatic N) is 2. The predicted octanol–water partition coefficient (Wildman–Crippen LogP) is 1.86. The number of rotatable bonds is 6. The Balaban J connectivity index is 2.08. The molecule has 1 fully saturated rings. The zero-order valence-electron chi connectivity index (χ0n) is 14.2. The smallest absolute Gasteiger partial charge is 0.242 e. The van der Waals surface area contributed by atoms with Crippen LogP contribution in [0.25, 0.3) is 0 Å². The lowest BCUT2D eigenvalue weighted by Gasteiger charge is -2.31. The minimum absolute atomic E-state index is 0.00189. The summed E-state index contributed by atoms with van der Waals surface area (Å²) in [4.78, 5) is 16.4. The van der Waals surface area contributed by atoms with Crippen molar-refractivity contribution in [2.75, 3.05) is 36.0 Å². The highest BCUT2D eigenvalue weighted by atomic mass is 32.2. The van der Waals surface area contributed by atoms with Crippen molar-refractivity contribution >= 4 is 21.4 Å². The van der Waals surface area contributed by atoms with E-state index in [4.69, 9.17) is 0 Å². The Labute approximate surface area is 139 Å². The lowest BCUT2D eigenvalue weighted by atomic mass is 10.2. The third-order valence-corrected chi connectivity index (χ3v) is 6.14. The van der Waals surface area contributed by atoms with Crippen LogP contribution < -0.4 is 4.90 Å². The van der Waals surface area contributed by atoms with Crippen LogP contribution in [0.2, 0.25) is 0 Å². The van der Waals surface area contributed by atoms with E-state index >= 15 is 0 Å². The summed E-state index contributed by atoms with van der Waals surface area (Å²) in [5.41, 5.74) is 2.18. The van der Waals surface area contributed by atoms with Gasteiger partial charge in [0.2, 0.25) is 5.91 Å². The average molecular weight is 338 g/mol. The molecular formula is C17H26N2O3S. The number of aryl methyl sites for hydroxylation is 1. The van der Waals surface area contributed by atoms with Crippen molar-refractivity contribution in [1.82, 2.24) is 4.90 Å². The molecule has 5 nitrogen and oxygen atoms in total. The van der Waals surface area contributed by atoms with Crippen molar-refractivity contribution in [2.24, 2.45) is 0 Å². The van der Waals surface area contributed by atoms with E-state index in [1.807, 2.05) is 43.9 Å². The second-order valence-electron chi connectivity index (χ2n) is 6.09. The van der Waals surface area contributed by atoms with Crippen LogP contribution in [-0.4, -0.2) is 56.4 Å². The van der Waals surface area contributed by atoms with Crippen molar-refractivity contribution < 1.29 is 13.2 Å². The van der Waals surface area contributed by atoms with Crippen LogP contribution in [0, 0.1) is 6.92 Å². The third kappa shape index (κ3) is 4.47. The van der Waals surface area contributed by atoms with E-state index in [-0.39, 0.29) is 30.0 Å². The average Bonchev–Trinajstić information content (AvgIpc) is 2.85. The summed E-state index contributed by atoms with van der Waals surface area (Å²) >= 11 is 0. The maximum atomic E-state index is 12.7. The number of carbonyl (C=O) groups is 1. The minimum atomic E-state index is -2.98. The van der Waals surface area contributed by atoms with Gasteiger partial charge >= 0.3 is 0 Å². The first kappa shape index (κ1) is 17.8. The molecule has 1 aliphatic heterocycles. The highest BCUT2D eigenvalue weighted by Gasteiger charge is 2.34. The van der Waals surface area contributed by atoms with E-state index in [0.717, 1.165) is 17.8 Å². The molecule has 0 N–H and O–H groups in total. The van der Waals surface area contributed by atoms with Crippen LogP contribution in [0.15, 0.2) is 24.3 Å². The molecule has 6 heteroatoms. The molecule has 1 aliphatic rings. The zero-order chi connectivity index (χ0) is 17.0. The molecule has 0 aliphatic carbocycles. The van der Waals surface area contributed by atoms with E-state index in [0.29, 0.717) is 13.0 Å². The standard InChI is InChI=1S/C17H26N2O3S/c1-4-18(15-8-6-7-14(3)11-15)12-17(20)19(5-2)16-9-10-23(21,22)13-16/h6-8,11,16H,4-5,9-10,12-13H2,1-3H3. The van der Waals surface area contributed by atoms with Gasteiger partial charge in [0.05, 0.1) is 18.1 Å². The van der Waals surface area contributed by atoms with Crippen LogP contribution in [0.1, 0.15) is 25.8 Å². The minimum Gasteiger partial charge on any atom is -0.362 e. The van der Waals surface area contributed by atoms with Crippen LogP contribution in [0.4, 0.5) is 5.69 Å². The summed E-state index contributed by atoms with van der Waals surface area (Å²) in [6.07, 6.45) is 0.554. The number of carbonyl (C=O) groups excluding carboxylic acids is 1. The van der Waals surface area contributed by atoms with Gasteiger partial charge in [-0.05, 0) is 44.9 Å². The topological polar surface area (TPSA) is 57.7 Å². The summed E-state index contributed by atoms with van der Waals surface area (Å²) in [7, 11) is -2.98. The fourth-order valence-corrected chi connectivity index (χ4v) is 4.85. The molecule has 1 aromatic carbocycles. The number of hydrogen-bond acceptors (Lipinski definition) is 4. The summed E-state index contributed by atoms with van der Waals surface area (Å²) in [6, 6.07) is 7.90. The molecule has 0 bridgehead atoms. The van der Waals surface area contributed by atoms with Crippen molar-refractivity contribution in [3.63, 3.8) is 0 Å². The number of sulfone groups is 1. The molecule has 0 saturated carbocycles. The van der Waals surface area contributed by atoms with Crippen LogP contribution in [-0.2, 0) is 14.6 Å². The molecule has 1 aromatic rings. The van der Waals surface area contributed by atoms with Crippen molar-refractivity contribution in [2.45, 2.75) is 33.2 Å². The van der Waals surface area contributed by atoms with Crippen LogP contribution >= 0.6 is 0 Å². The number of benzene rings is 1. The van der Waals surface area contributed by atoms with Gasteiger partial charge in [0.1, 0.15) is 0 Å². The van der Waals surface area contributed by atoms with Crippen molar-refractivity contribution in [1.29, 1.82) is 0 Å². The van der Waals surface area contributed by atoms with Gasteiger partial charge in [-0.3, -0.25) is 4.79 Å². The van der Waals surface area contributed by atoms with Gasteiger partial charge in [0.25, 0.3) is 0 Å². The Morgan fingerprint density at radius 2 is 2.00 bits per heavy atom. The third-order valence-electron chi connectivity index (χ3n) is 4.38. The SMILES string of the molecule is CCN(CC(=O)N(CC)C1CCS(=O)(=O)C1)c1cccc(C)c1. The molecule has 23 heavy (non-hydrogen) atoms. The maximum Gasteiger partial charge on any atom is 0.242 e. The summed E-state index contributed by atoms with van der Waals surface area (Å²) in [5, 5.41) is 0. The van der Waals surface area contributed by atoms with Crippen molar-refractivity contribution in [3.05, 3.63) is 29.8 Å². The zero-order valence-corrected chi connectivity index (χ0v) is 15.0. The van der Waals surface area contributed by atoms with Gasteiger partial charge in [-0.15, -0.1) is 0 Å². The second-order valence-corrected chi connectivity index (χ2v) is 8.32. The summed E-state index contributed by atoms with van der Waals surface area (Å²) in [6.45, 7) is 7.52. The number of likely N-dealkylation sites (N-methyl/N-ethyl adjacent to an activating group) is 2. The molecule has 2 rings (SSSR count). The quantitative estimate of drug-likeness (QED) is 0.794. The molecule has 1 saturated heterocycles. The van der Waals surface area contributed by atoms with E-state index < -0.39 is 9.84 Å². The first-order valence-corrected chi connectivity index (χ1v) is 10.00. The number of anilines is 1. The van der Waals surface area contributed by atoms with Crippen LogP contribution in [0.5, 0.6) is 0 Å². The molecule has 1 amide bonds. The van der Waals surface area contributed by atoms with Gasteiger partial charge in [-0.1, -0.05) is 12.1 Å². The molecule has 128 valence electrons. The van der Waals surface area contributed by atoms with Crippen molar-refractivity contribution in [3.8, 4) is 0 Å². The van der Waals surface area contributed by atoms with Gasteiger partial charge < -0.3 is 9.80 Å². The highest BCUT2D eigenvalue weighted by molar-refractivity contribution is 7.91. The Morgan fingerprint density at radius 1 is 1.26 bits per heavy atom. The Kier molecular flexibility index (Phi) is 5.68. The monoisotopic (exact) mass is 338 g/mol. The van der Waals surface area contributed by atoms with E-state index in [1.54, 1.807) is 4.90 Å². The van der Waals surface area contributed by atoms with E-state index in [1.165, 1.54) is 0 Å². The molecule has 1 atom stereocenters. The fraction of sp³-hybridized carbons (Fsp3) is 0.588. The lowest BCUT2D eigenvalue weighted by molar-refractivity contribution is -0.131. The fourth-order valence-electron chi connectivity index (χ4n) is 3.12. The van der Waals surface area contributed by atoms with Gasteiger partial charge in [-0.25, -0.2) is 8.42 Å². The van der Waals surface area contributed by atoms with Gasteiger partial charge in [0, 0.05) is 24.8 Å². The second kappa shape index (κ2) is 7.34. The van der Waals surface area contributed by atoms with E-state index in [2.05, 4.69) is 6.07 Å². The molecule has 0 spiro atoms. The Morgan fingerprint density at radius 3 is 2.52 bits per heavy atom. The largest absolute Gasteiger partial charge is 0.362 e. The first-order valence-electron chi connectivity index (χ1n) is 8.17. The Bertz CT molecular complexity index is 658. The summed E-state index contributed by atoms with van der Waals surface area (Å²) in [5.74, 6) is 0.290. The van der Waals surface area contributed by atoms with E-state index in [9.17, 15) is 13.2 Å². The first-order chi connectivity index (χ1) is 10.9. The van der Waals surface area contributed by atoms with Gasteiger partial charge in [0.15, 0.2) is 9.84 Å². The summed E-state index contributed by atoms with van der Waals surface area (Å²) < 4.78 is 23.3. The van der Waals surface area contributed by atoms with Gasteiger partial charge in [-0.2, -0.15) is 0 Å². The predicted molar refractivity (Wildman–Crippen MR) is 93.5 cm³/mol. The molecule has 1 heterocycles. The molecule has 1 unspecified atom stereocenters. The molecule has 0 radical (unpaired) electrons. The van der Waals surface area contributed by atoms with Crippen LogP contribution in [0.3, 0.4) is 0 Å². The number of hydrogen-bond donors (Lipinski definition) is 0.